The molecule has 0 bridgehead atoms. The van der Waals surface area contributed by atoms with Gasteiger partial charge in [0.05, 0.1) is 43.4 Å². The van der Waals surface area contributed by atoms with Crippen LogP contribution in [0.4, 0.5) is 23.0 Å². The van der Waals surface area contributed by atoms with Crippen LogP contribution in [0.5, 0.6) is 0 Å². The fourth-order valence-corrected chi connectivity index (χ4v) is 5.95. The lowest BCUT2D eigenvalue weighted by molar-refractivity contribution is 0.494. The summed E-state index contributed by atoms with van der Waals surface area (Å²) in [5.74, 6) is 1.39. The average Bonchev–Trinajstić information content (AvgIpc) is 3.89. The number of benzene rings is 1. The summed E-state index contributed by atoms with van der Waals surface area (Å²) >= 11 is 0. The van der Waals surface area contributed by atoms with Crippen LogP contribution in [0.1, 0.15) is 8.22 Å². The Morgan fingerprint density at radius 1 is 0.512 bits per heavy atom. The van der Waals surface area contributed by atoms with E-state index in [9.17, 15) is 0 Å². The van der Waals surface area contributed by atoms with E-state index in [1.165, 1.54) is 9.80 Å². The Morgan fingerprint density at radius 2 is 0.930 bits per heavy atom. The SMILES string of the molecule is [2H]C([2H])([2H])N1C=CN(c2cc(N3C=CN(C)C3)cc(-n3c4cc(N5C=CN(C)C5)ncc4c4cnc(N5C=CN(C([2H])([2H])[2H])C5)cc43)c2)C1. The summed E-state index contributed by atoms with van der Waals surface area (Å²) in [4.78, 5) is 24.4. The van der Waals surface area contributed by atoms with Crippen molar-refractivity contribution in [2.45, 2.75) is 0 Å². The molecule has 11 nitrogen and oxygen atoms in total. The van der Waals surface area contributed by atoms with Crippen molar-refractivity contribution in [1.29, 1.82) is 0 Å². The molecule has 0 radical (unpaired) electrons. The zero-order valence-corrected chi connectivity index (χ0v) is 23.9. The lowest BCUT2D eigenvalue weighted by atomic mass is 10.2. The van der Waals surface area contributed by atoms with Gasteiger partial charge in [0.1, 0.15) is 11.6 Å². The Labute approximate surface area is 259 Å². The molecule has 3 aromatic heterocycles. The minimum Gasteiger partial charge on any atom is -0.361 e. The number of anilines is 4. The number of rotatable bonds is 5. The summed E-state index contributed by atoms with van der Waals surface area (Å²) in [6.07, 6.45) is 18.4. The number of hydrogen-bond acceptors (Lipinski definition) is 10. The molecule has 4 aromatic rings. The third-order valence-corrected chi connectivity index (χ3v) is 8.12. The Hall–Kier alpha value is -5.32. The molecular weight excluding hydrogens is 538 g/mol. The highest BCUT2D eigenvalue weighted by molar-refractivity contribution is 6.10. The molecule has 0 unspecified atom stereocenters. The number of fused-ring (bicyclic) bond motifs is 3. The number of hydrogen-bond donors (Lipinski definition) is 0. The van der Waals surface area contributed by atoms with Gasteiger partial charge >= 0.3 is 0 Å². The van der Waals surface area contributed by atoms with Gasteiger partial charge in [-0.3, -0.25) is 0 Å². The Bertz CT molecular complexity index is 2070. The first-order valence-corrected chi connectivity index (χ1v) is 14.0. The summed E-state index contributed by atoms with van der Waals surface area (Å²) in [7, 11) is 4.02. The molecule has 0 saturated heterocycles. The normalized spacial score (nSPS) is 20.7. The van der Waals surface area contributed by atoms with E-state index in [1.807, 2.05) is 67.2 Å². The van der Waals surface area contributed by atoms with Crippen LogP contribution in [0, 0.1) is 0 Å². The van der Waals surface area contributed by atoms with Crippen molar-refractivity contribution in [2.75, 3.05) is 74.3 Å². The van der Waals surface area contributed by atoms with Gasteiger partial charge in [-0.05, 0) is 18.2 Å². The van der Waals surface area contributed by atoms with Crippen LogP contribution in [0.25, 0.3) is 27.5 Å². The molecule has 0 spiro atoms. The first kappa shape index (κ1) is 19.7. The predicted octanol–water partition coefficient (Wildman–Crippen LogP) is 4.30. The molecule has 8 rings (SSSR count). The fourth-order valence-electron chi connectivity index (χ4n) is 5.95. The van der Waals surface area contributed by atoms with Crippen molar-refractivity contribution in [3.05, 3.63) is 92.3 Å². The molecular formula is C32H35N11. The van der Waals surface area contributed by atoms with E-state index in [0.717, 1.165) is 44.7 Å². The molecule has 4 aliphatic rings. The molecule has 0 fully saturated rings. The van der Waals surface area contributed by atoms with Gasteiger partial charge in [0.2, 0.25) is 0 Å². The maximum atomic E-state index is 7.95. The molecule has 7 heterocycles. The summed E-state index contributed by atoms with van der Waals surface area (Å²) in [5.41, 5.74) is 4.41. The van der Waals surface area contributed by atoms with Gasteiger partial charge in [-0.15, -0.1) is 0 Å². The van der Waals surface area contributed by atoms with E-state index in [4.69, 9.17) is 18.2 Å². The molecule has 0 aliphatic carbocycles. The van der Waals surface area contributed by atoms with Gasteiger partial charge in [0.25, 0.3) is 0 Å². The highest BCUT2D eigenvalue weighted by Crippen LogP contribution is 2.38. The molecule has 1 aromatic carbocycles. The predicted molar refractivity (Wildman–Crippen MR) is 173 cm³/mol. The highest BCUT2D eigenvalue weighted by atomic mass is 15.4. The van der Waals surface area contributed by atoms with Gasteiger partial charge < -0.3 is 43.8 Å². The molecule has 218 valence electrons. The van der Waals surface area contributed by atoms with E-state index in [1.54, 1.807) is 24.8 Å². The van der Waals surface area contributed by atoms with Crippen LogP contribution in [0.15, 0.2) is 92.3 Å². The standard InChI is InChI=1S/C32H35N11/c1-35-5-9-39(20-35)24-13-25(40-10-6-36(2)21-40)15-26(14-24)43-29-16-31(41-11-7-37(3)22-41)33-18-27(29)28-19-34-32(17-30(28)43)42-12-8-38(4)23-42/h5-19H,20-23H2,1-4H3/i1D3,3D3. The Kier molecular flexibility index (Phi) is 4.41. The van der Waals surface area contributed by atoms with E-state index >= 15 is 0 Å². The summed E-state index contributed by atoms with van der Waals surface area (Å²) in [5, 5.41) is 1.81. The number of pyridine rings is 2. The van der Waals surface area contributed by atoms with E-state index < -0.39 is 14.0 Å². The second-order valence-electron chi connectivity index (χ2n) is 11.3. The van der Waals surface area contributed by atoms with Crippen LogP contribution < -0.4 is 19.6 Å². The molecule has 4 aliphatic heterocycles. The van der Waals surface area contributed by atoms with E-state index in [2.05, 4.69) is 48.4 Å². The quantitative estimate of drug-likeness (QED) is 0.342. The van der Waals surface area contributed by atoms with Crippen LogP contribution in [0.3, 0.4) is 0 Å². The van der Waals surface area contributed by atoms with Gasteiger partial charge in [0, 0.05) is 133 Å². The van der Waals surface area contributed by atoms with Crippen molar-refractivity contribution in [3.63, 3.8) is 0 Å². The first-order valence-electron chi connectivity index (χ1n) is 17.0. The summed E-state index contributed by atoms with van der Waals surface area (Å²) < 4.78 is 49.6. The van der Waals surface area contributed by atoms with Crippen LogP contribution >= 0.6 is 0 Å². The van der Waals surface area contributed by atoms with Crippen molar-refractivity contribution in [3.8, 4) is 5.69 Å². The van der Waals surface area contributed by atoms with Crippen LogP contribution in [-0.2, 0) is 0 Å². The highest BCUT2D eigenvalue weighted by Gasteiger charge is 2.23. The largest absolute Gasteiger partial charge is 0.361 e. The van der Waals surface area contributed by atoms with Crippen molar-refractivity contribution >= 4 is 44.8 Å². The first-order chi connectivity index (χ1) is 23.3. The second kappa shape index (κ2) is 9.62. The number of nitrogens with zero attached hydrogens (tertiary/aromatic N) is 11. The lowest BCUT2D eigenvalue weighted by Gasteiger charge is -2.24. The minimum absolute atomic E-state index is 0.144. The Balaban J connectivity index is 1.31. The molecule has 0 atom stereocenters. The van der Waals surface area contributed by atoms with E-state index in [0.29, 0.717) is 19.2 Å². The van der Waals surface area contributed by atoms with Gasteiger partial charge in [-0.25, -0.2) is 9.97 Å². The van der Waals surface area contributed by atoms with E-state index in [-0.39, 0.29) is 13.3 Å². The molecule has 43 heavy (non-hydrogen) atoms. The zero-order chi connectivity index (χ0) is 34.2. The molecule has 11 heteroatoms. The third kappa shape index (κ3) is 4.35. The Morgan fingerprint density at radius 3 is 1.37 bits per heavy atom. The van der Waals surface area contributed by atoms with Crippen LogP contribution in [0.2, 0.25) is 0 Å². The zero-order valence-electron chi connectivity index (χ0n) is 29.9. The van der Waals surface area contributed by atoms with Gasteiger partial charge in [0.15, 0.2) is 0 Å². The number of aromatic nitrogens is 3. The van der Waals surface area contributed by atoms with Gasteiger partial charge in [-0.1, -0.05) is 0 Å². The second-order valence-corrected chi connectivity index (χ2v) is 11.3. The average molecular weight is 580 g/mol. The maximum Gasteiger partial charge on any atom is 0.136 e. The van der Waals surface area contributed by atoms with Crippen LogP contribution in [-0.4, -0.2) is 88.9 Å². The monoisotopic (exact) mass is 579 g/mol. The third-order valence-electron chi connectivity index (χ3n) is 8.12. The smallest absolute Gasteiger partial charge is 0.136 e. The molecule has 0 N–H and O–H groups in total. The molecule has 0 saturated carbocycles. The summed E-state index contributed by atoms with van der Waals surface area (Å²) in [6.45, 7) is -2.87. The topological polar surface area (TPSA) is 56.6 Å². The maximum absolute atomic E-state index is 7.95. The van der Waals surface area contributed by atoms with Crippen molar-refractivity contribution < 1.29 is 8.22 Å². The van der Waals surface area contributed by atoms with Crippen molar-refractivity contribution in [1.82, 2.24) is 34.1 Å². The molecule has 0 amide bonds. The minimum atomic E-state index is -2.27. The van der Waals surface area contributed by atoms with Gasteiger partial charge in [-0.2, -0.15) is 0 Å². The fraction of sp³-hybridized carbons (Fsp3) is 0.250. The lowest BCUT2D eigenvalue weighted by Crippen LogP contribution is -2.24. The van der Waals surface area contributed by atoms with Crippen molar-refractivity contribution in [2.24, 2.45) is 0 Å². The summed E-state index contributed by atoms with van der Waals surface area (Å²) in [6, 6.07) is 10.3.